The number of nitrogens with zero attached hydrogens (tertiary/aromatic N) is 2. The number of hydrogen-bond donors (Lipinski definition) is 2. The van der Waals surface area contributed by atoms with Crippen LogP contribution in [0.5, 0.6) is 0 Å². The van der Waals surface area contributed by atoms with Crippen molar-refractivity contribution in [2.75, 3.05) is 50.3 Å². The van der Waals surface area contributed by atoms with Gasteiger partial charge in [0.05, 0.1) is 30.1 Å². The molecule has 2 aromatic rings. The predicted octanol–water partition coefficient (Wildman–Crippen LogP) is 3.48. The number of ether oxygens (including phenoxy) is 1. The van der Waals surface area contributed by atoms with E-state index in [1.165, 1.54) is 7.11 Å². The zero-order valence-corrected chi connectivity index (χ0v) is 19.5. The molecule has 1 heterocycles. The molecule has 1 saturated heterocycles. The second-order valence-electron chi connectivity index (χ2n) is 7.51. The van der Waals surface area contributed by atoms with Crippen LogP contribution >= 0.6 is 11.6 Å². The number of amides is 2. The van der Waals surface area contributed by atoms with Gasteiger partial charge < -0.3 is 20.3 Å². The molecular weight excluding hydrogens is 432 g/mol. The Kier molecular flexibility index (Phi) is 9.49. The Morgan fingerprint density at radius 3 is 2.41 bits per heavy atom. The number of anilines is 3. The van der Waals surface area contributed by atoms with Crippen LogP contribution < -0.4 is 15.5 Å². The Morgan fingerprint density at radius 1 is 1.19 bits per heavy atom. The molecule has 2 N–H and O–H groups in total. The van der Waals surface area contributed by atoms with E-state index in [9.17, 15) is 14.4 Å². The normalized spacial score (nSPS) is 15.2. The molecule has 9 heteroatoms. The molecule has 3 rings (SSSR count). The van der Waals surface area contributed by atoms with Gasteiger partial charge in [-0.05, 0) is 68.9 Å². The number of esters is 1. The molecule has 2 aromatic carbocycles. The third-order valence-corrected chi connectivity index (χ3v) is 5.30. The second kappa shape index (κ2) is 12.1. The van der Waals surface area contributed by atoms with Crippen molar-refractivity contribution in [1.29, 1.82) is 0 Å². The summed E-state index contributed by atoms with van der Waals surface area (Å²) in [5.41, 5.74) is 2.68. The lowest BCUT2D eigenvalue weighted by atomic mass is 10.1. The average molecular weight is 461 g/mol. The molecule has 32 heavy (non-hydrogen) atoms. The van der Waals surface area contributed by atoms with Crippen molar-refractivity contribution in [3.05, 3.63) is 53.1 Å². The van der Waals surface area contributed by atoms with Crippen molar-refractivity contribution in [3.63, 3.8) is 0 Å². The van der Waals surface area contributed by atoms with Gasteiger partial charge in [0, 0.05) is 24.8 Å². The largest absolute Gasteiger partial charge is 0.465 e. The Balaban J connectivity index is 0.000000303. The van der Waals surface area contributed by atoms with Gasteiger partial charge in [-0.1, -0.05) is 11.6 Å². The maximum Gasteiger partial charge on any atom is 0.337 e. The van der Waals surface area contributed by atoms with Crippen LogP contribution in [0, 0.1) is 0 Å². The highest BCUT2D eigenvalue weighted by molar-refractivity contribution is 6.30. The van der Waals surface area contributed by atoms with Crippen molar-refractivity contribution in [3.8, 4) is 0 Å². The van der Waals surface area contributed by atoms with Crippen molar-refractivity contribution < 1.29 is 19.1 Å². The van der Waals surface area contributed by atoms with E-state index < -0.39 is 5.97 Å². The minimum atomic E-state index is -0.392. The van der Waals surface area contributed by atoms with E-state index in [1.807, 2.05) is 26.0 Å². The first-order valence-electron chi connectivity index (χ1n) is 10.1. The van der Waals surface area contributed by atoms with Gasteiger partial charge in [0.25, 0.3) is 0 Å². The monoisotopic (exact) mass is 460 g/mol. The summed E-state index contributed by atoms with van der Waals surface area (Å²) in [6, 6.07) is 11.9. The fourth-order valence-corrected chi connectivity index (χ4v) is 3.45. The van der Waals surface area contributed by atoms with Gasteiger partial charge in [0.15, 0.2) is 0 Å². The molecule has 0 aliphatic carbocycles. The van der Waals surface area contributed by atoms with E-state index in [0.717, 1.165) is 30.8 Å². The minimum absolute atomic E-state index is 0.00563. The average Bonchev–Trinajstić information content (AvgIpc) is 3.21. The number of likely N-dealkylation sites (N-methyl/N-ethyl adjacent to an activating group) is 1. The van der Waals surface area contributed by atoms with Gasteiger partial charge in [-0.15, -0.1) is 0 Å². The summed E-state index contributed by atoms with van der Waals surface area (Å²) in [6.45, 7) is 0.944. The Bertz CT molecular complexity index is 934. The van der Waals surface area contributed by atoms with Crippen LogP contribution in [0.3, 0.4) is 0 Å². The van der Waals surface area contributed by atoms with Gasteiger partial charge in [-0.3, -0.25) is 14.5 Å². The number of methoxy groups -OCH3 is 1. The van der Waals surface area contributed by atoms with Gasteiger partial charge >= 0.3 is 5.97 Å². The summed E-state index contributed by atoms with van der Waals surface area (Å²) in [5.74, 6) is -0.398. The maximum atomic E-state index is 12.4. The molecule has 8 nitrogen and oxygen atoms in total. The summed E-state index contributed by atoms with van der Waals surface area (Å²) in [5, 5.41) is 6.13. The Hall–Kier alpha value is -3.10. The minimum Gasteiger partial charge on any atom is -0.465 e. The number of likely N-dealkylation sites (tertiary alicyclic amines) is 1. The number of halogens is 1. The molecule has 1 atom stereocenters. The lowest BCUT2D eigenvalue weighted by molar-refractivity contribution is -0.120. The number of hydrogen-bond acceptors (Lipinski definition) is 6. The number of nitrogens with one attached hydrogen (secondary N) is 2. The fourth-order valence-electron chi connectivity index (χ4n) is 3.32. The summed E-state index contributed by atoms with van der Waals surface area (Å²) >= 11 is 5.60. The lowest BCUT2D eigenvalue weighted by Gasteiger charge is -2.22. The van der Waals surface area contributed by atoms with Crippen molar-refractivity contribution >= 4 is 46.9 Å². The van der Waals surface area contributed by atoms with Crippen LogP contribution in [-0.4, -0.2) is 64.0 Å². The molecule has 0 spiro atoms. The third-order valence-electron chi connectivity index (χ3n) is 5.05. The third kappa shape index (κ3) is 6.96. The second-order valence-corrected chi connectivity index (χ2v) is 7.95. The van der Waals surface area contributed by atoms with Gasteiger partial charge in [0.2, 0.25) is 12.3 Å². The first-order valence-corrected chi connectivity index (χ1v) is 10.5. The molecule has 0 bridgehead atoms. The fraction of sp³-hybridized carbons (Fsp3) is 0.348. The van der Waals surface area contributed by atoms with Gasteiger partial charge in [-0.2, -0.15) is 0 Å². The van der Waals surface area contributed by atoms with E-state index >= 15 is 0 Å². The number of benzene rings is 2. The van der Waals surface area contributed by atoms with Crippen molar-refractivity contribution in [1.82, 2.24) is 4.90 Å². The highest BCUT2D eigenvalue weighted by Gasteiger charge is 2.28. The number of rotatable bonds is 6. The van der Waals surface area contributed by atoms with E-state index in [2.05, 4.69) is 15.5 Å². The molecule has 1 aliphatic heterocycles. The van der Waals surface area contributed by atoms with Crippen LogP contribution in [-0.2, 0) is 14.3 Å². The van der Waals surface area contributed by atoms with Gasteiger partial charge in [0.1, 0.15) is 0 Å². The van der Waals surface area contributed by atoms with E-state index in [-0.39, 0.29) is 11.9 Å². The quantitative estimate of drug-likeness (QED) is 0.506. The van der Waals surface area contributed by atoms with Crippen LogP contribution in [0.4, 0.5) is 17.1 Å². The highest BCUT2D eigenvalue weighted by atomic mass is 35.5. The van der Waals surface area contributed by atoms with Crippen molar-refractivity contribution in [2.45, 2.75) is 18.9 Å². The molecular formula is C23H29ClN4O4. The first kappa shape index (κ1) is 25.2. The van der Waals surface area contributed by atoms with Gasteiger partial charge in [-0.25, -0.2) is 4.79 Å². The molecule has 2 amide bonds. The zero-order valence-electron chi connectivity index (χ0n) is 18.7. The summed E-state index contributed by atoms with van der Waals surface area (Å²) < 4.78 is 4.74. The number of carbonyl (C=O) groups excluding carboxylic acids is 3. The smallest absolute Gasteiger partial charge is 0.337 e. The molecule has 1 fully saturated rings. The van der Waals surface area contributed by atoms with E-state index in [1.54, 1.807) is 42.5 Å². The lowest BCUT2D eigenvalue weighted by Crippen LogP contribution is -2.37. The SMILES string of the molecule is COC(=O)c1ccc(NC(=O)[C@H]2CCCN2C)c(N(C)C)c1.O=CNc1ccc(Cl)cc1. The van der Waals surface area contributed by atoms with E-state index in [0.29, 0.717) is 22.7 Å². The molecule has 0 aromatic heterocycles. The van der Waals surface area contributed by atoms with Crippen LogP contribution in [0.1, 0.15) is 23.2 Å². The molecule has 172 valence electrons. The van der Waals surface area contributed by atoms with Crippen LogP contribution in [0.15, 0.2) is 42.5 Å². The molecule has 1 aliphatic rings. The first-order chi connectivity index (χ1) is 15.3. The molecule has 0 radical (unpaired) electrons. The molecule has 0 saturated carbocycles. The predicted molar refractivity (Wildman–Crippen MR) is 128 cm³/mol. The maximum absolute atomic E-state index is 12.4. The Morgan fingerprint density at radius 2 is 1.88 bits per heavy atom. The summed E-state index contributed by atoms with van der Waals surface area (Å²) in [7, 11) is 7.05. The zero-order chi connectivity index (χ0) is 23.7. The van der Waals surface area contributed by atoms with Crippen LogP contribution in [0.2, 0.25) is 5.02 Å². The summed E-state index contributed by atoms with van der Waals surface area (Å²) in [6.07, 6.45) is 2.54. The van der Waals surface area contributed by atoms with E-state index in [4.69, 9.17) is 16.3 Å². The number of carbonyl (C=O) groups is 3. The standard InChI is InChI=1S/C16H23N3O3.C7H6ClNO/c1-18(2)14-10-11(16(21)22-4)7-8-12(14)17-15(20)13-6-5-9-19(13)3;8-6-1-3-7(4-2-6)9-5-10/h7-8,10,13H,5-6,9H2,1-4H3,(H,17,20);1-5H,(H,9,10)/t13-;/m1./s1. The summed E-state index contributed by atoms with van der Waals surface area (Å²) in [4.78, 5) is 37.9. The van der Waals surface area contributed by atoms with Crippen LogP contribution in [0.25, 0.3) is 0 Å². The van der Waals surface area contributed by atoms with Crippen molar-refractivity contribution in [2.24, 2.45) is 0 Å². The molecule has 0 unspecified atom stereocenters. The Labute approximate surface area is 193 Å². The topological polar surface area (TPSA) is 91.0 Å². The highest BCUT2D eigenvalue weighted by Crippen LogP contribution is 2.27.